The highest BCUT2D eigenvalue weighted by Gasteiger charge is 2.31. The Bertz CT molecular complexity index is 949. The van der Waals surface area contributed by atoms with Gasteiger partial charge in [-0.2, -0.15) is 0 Å². The highest BCUT2D eigenvalue weighted by Crippen LogP contribution is 2.23. The third kappa shape index (κ3) is 4.28. The van der Waals surface area contributed by atoms with Gasteiger partial charge in [-0.25, -0.2) is 9.66 Å². The minimum atomic E-state index is -4.78. The number of alkyl halides is 3. The Morgan fingerprint density at radius 2 is 1.67 bits per heavy atom. The van der Waals surface area contributed by atoms with E-state index in [1.165, 1.54) is 12.1 Å². The Morgan fingerprint density at radius 1 is 1.04 bits per heavy atom. The molecule has 27 heavy (non-hydrogen) atoms. The molecule has 1 amide bonds. The first-order valence-corrected chi connectivity index (χ1v) is 8.03. The summed E-state index contributed by atoms with van der Waals surface area (Å²) in [5.41, 5.74) is 5.25. The van der Waals surface area contributed by atoms with Crippen molar-refractivity contribution in [3.8, 4) is 17.1 Å². The lowest BCUT2D eigenvalue weighted by Gasteiger charge is -2.13. The summed E-state index contributed by atoms with van der Waals surface area (Å²) in [5, 5.41) is 0. The van der Waals surface area contributed by atoms with Crippen LogP contribution in [-0.2, 0) is 0 Å². The topological polar surface area (TPSA) is 56.2 Å². The highest BCUT2D eigenvalue weighted by atomic mass is 19.4. The molecule has 0 unspecified atom stereocenters. The van der Waals surface area contributed by atoms with Crippen LogP contribution in [0.15, 0.2) is 54.6 Å². The molecule has 1 heterocycles. The number of rotatable bonds is 4. The zero-order valence-electron chi connectivity index (χ0n) is 14.5. The van der Waals surface area contributed by atoms with Gasteiger partial charge in [0.1, 0.15) is 5.75 Å². The van der Waals surface area contributed by atoms with Crippen molar-refractivity contribution >= 4 is 5.91 Å². The molecule has 0 fully saturated rings. The highest BCUT2D eigenvalue weighted by molar-refractivity contribution is 6.00. The van der Waals surface area contributed by atoms with Gasteiger partial charge in [-0.3, -0.25) is 10.2 Å². The fourth-order valence-electron chi connectivity index (χ4n) is 2.50. The fourth-order valence-corrected chi connectivity index (χ4v) is 2.50. The summed E-state index contributed by atoms with van der Waals surface area (Å²) >= 11 is 0. The molecule has 5 nitrogen and oxygen atoms in total. The summed E-state index contributed by atoms with van der Waals surface area (Å²) in [4.78, 5) is 17.0. The predicted molar refractivity (Wildman–Crippen MR) is 94.0 cm³/mol. The smallest absolute Gasteiger partial charge is 0.406 e. The van der Waals surface area contributed by atoms with Gasteiger partial charge in [0.15, 0.2) is 5.82 Å². The molecule has 0 aliphatic heterocycles. The normalized spacial score (nSPS) is 11.3. The van der Waals surface area contributed by atoms with Gasteiger partial charge in [0.25, 0.3) is 5.91 Å². The Kier molecular flexibility index (Phi) is 4.89. The minimum absolute atomic E-state index is 0.189. The van der Waals surface area contributed by atoms with Gasteiger partial charge in [-0.1, -0.05) is 30.3 Å². The van der Waals surface area contributed by atoms with E-state index in [4.69, 9.17) is 0 Å². The second-order valence-electron chi connectivity index (χ2n) is 5.82. The predicted octanol–water partition coefficient (Wildman–Crippen LogP) is 4.45. The second-order valence-corrected chi connectivity index (χ2v) is 5.82. The monoisotopic (exact) mass is 375 g/mol. The zero-order valence-corrected chi connectivity index (χ0v) is 14.5. The molecule has 8 heteroatoms. The molecule has 0 spiro atoms. The molecule has 0 aliphatic carbocycles. The summed E-state index contributed by atoms with van der Waals surface area (Å²) < 4.78 is 42.1. The molecule has 0 bridgehead atoms. The maximum Gasteiger partial charge on any atom is 0.573 e. The first kappa shape index (κ1) is 18.5. The van der Waals surface area contributed by atoms with E-state index in [2.05, 4.69) is 15.1 Å². The van der Waals surface area contributed by atoms with Crippen LogP contribution in [0, 0.1) is 13.8 Å². The van der Waals surface area contributed by atoms with Crippen LogP contribution in [0.4, 0.5) is 13.2 Å². The van der Waals surface area contributed by atoms with Crippen molar-refractivity contribution in [2.24, 2.45) is 0 Å². The maximum atomic E-state index is 12.5. The summed E-state index contributed by atoms with van der Waals surface area (Å²) in [6.07, 6.45) is -4.78. The van der Waals surface area contributed by atoms with Crippen molar-refractivity contribution in [3.05, 3.63) is 71.5 Å². The maximum absolute atomic E-state index is 12.5. The van der Waals surface area contributed by atoms with Gasteiger partial charge in [-0.05, 0) is 38.1 Å². The van der Waals surface area contributed by atoms with Gasteiger partial charge < -0.3 is 4.74 Å². The standard InChI is InChI=1S/C19H16F3N3O2/c1-12-13(2)25(17(23-12)14-6-4-3-5-7-14)24-18(26)15-8-10-16(11-9-15)27-19(20,21)22/h3-11H,1-2H3,(H,24,26). The van der Waals surface area contributed by atoms with E-state index in [1.54, 1.807) is 4.68 Å². The van der Waals surface area contributed by atoms with E-state index in [1.807, 2.05) is 44.2 Å². The summed E-state index contributed by atoms with van der Waals surface area (Å²) in [6, 6.07) is 14.0. The van der Waals surface area contributed by atoms with Gasteiger partial charge in [0.05, 0.1) is 11.4 Å². The molecule has 0 saturated carbocycles. The van der Waals surface area contributed by atoms with Crippen LogP contribution < -0.4 is 10.2 Å². The molecule has 0 atom stereocenters. The molecule has 3 rings (SSSR count). The Morgan fingerprint density at radius 3 is 2.26 bits per heavy atom. The molecule has 140 valence electrons. The van der Waals surface area contributed by atoms with Crippen LogP contribution >= 0.6 is 0 Å². The number of nitrogens with one attached hydrogen (secondary N) is 1. The fraction of sp³-hybridized carbons (Fsp3) is 0.158. The number of amides is 1. The molecule has 2 aromatic carbocycles. The second kappa shape index (κ2) is 7.14. The average molecular weight is 375 g/mol. The first-order valence-electron chi connectivity index (χ1n) is 8.03. The van der Waals surface area contributed by atoms with Crippen molar-refractivity contribution < 1.29 is 22.7 Å². The largest absolute Gasteiger partial charge is 0.573 e. The molecular weight excluding hydrogens is 359 g/mol. The van der Waals surface area contributed by atoms with Crippen molar-refractivity contribution in [1.29, 1.82) is 0 Å². The number of carbonyl (C=O) groups excluding carboxylic acids is 1. The van der Waals surface area contributed by atoms with Crippen molar-refractivity contribution in [2.45, 2.75) is 20.2 Å². The number of hydrogen-bond donors (Lipinski definition) is 1. The van der Waals surface area contributed by atoms with Crippen molar-refractivity contribution in [3.63, 3.8) is 0 Å². The number of halogens is 3. The minimum Gasteiger partial charge on any atom is -0.406 e. The summed E-state index contributed by atoms with van der Waals surface area (Å²) in [6.45, 7) is 3.64. The van der Waals surface area contributed by atoms with Gasteiger partial charge in [0, 0.05) is 11.1 Å². The molecule has 1 aromatic heterocycles. The van der Waals surface area contributed by atoms with E-state index in [0.29, 0.717) is 5.82 Å². The number of imidazole rings is 1. The van der Waals surface area contributed by atoms with Gasteiger partial charge in [-0.15, -0.1) is 13.2 Å². The lowest BCUT2D eigenvalue weighted by molar-refractivity contribution is -0.274. The molecular formula is C19H16F3N3O2. The molecule has 0 radical (unpaired) electrons. The zero-order chi connectivity index (χ0) is 19.6. The number of aryl methyl sites for hydroxylation is 1. The third-order valence-electron chi connectivity index (χ3n) is 3.94. The molecule has 0 aliphatic rings. The Hall–Kier alpha value is -3.29. The van der Waals surface area contributed by atoms with Crippen LogP contribution in [0.25, 0.3) is 11.4 Å². The Labute approximate surface area is 153 Å². The van der Waals surface area contributed by atoms with Crippen molar-refractivity contribution in [1.82, 2.24) is 9.66 Å². The van der Waals surface area contributed by atoms with E-state index in [9.17, 15) is 18.0 Å². The van der Waals surface area contributed by atoms with Crippen LogP contribution in [0.2, 0.25) is 0 Å². The van der Waals surface area contributed by atoms with Gasteiger partial charge >= 0.3 is 6.36 Å². The number of nitrogens with zero attached hydrogens (tertiary/aromatic N) is 2. The summed E-state index contributed by atoms with van der Waals surface area (Å²) in [5.74, 6) is -0.305. The third-order valence-corrected chi connectivity index (χ3v) is 3.94. The van der Waals surface area contributed by atoms with E-state index in [-0.39, 0.29) is 5.56 Å². The number of carbonyl (C=O) groups is 1. The number of aromatic nitrogens is 2. The quantitative estimate of drug-likeness (QED) is 0.733. The molecule has 1 N–H and O–H groups in total. The number of benzene rings is 2. The number of hydrogen-bond acceptors (Lipinski definition) is 3. The average Bonchev–Trinajstić information content (AvgIpc) is 2.90. The van der Waals surface area contributed by atoms with Crippen molar-refractivity contribution in [2.75, 3.05) is 5.43 Å². The van der Waals surface area contributed by atoms with E-state index < -0.39 is 18.0 Å². The van der Waals surface area contributed by atoms with Crippen LogP contribution in [0.1, 0.15) is 21.7 Å². The lowest BCUT2D eigenvalue weighted by atomic mass is 10.2. The number of ether oxygens (including phenoxy) is 1. The first-order chi connectivity index (χ1) is 12.7. The van der Waals surface area contributed by atoms with Gasteiger partial charge in [0.2, 0.25) is 0 Å². The van der Waals surface area contributed by atoms with E-state index in [0.717, 1.165) is 29.1 Å². The van der Waals surface area contributed by atoms with E-state index >= 15 is 0 Å². The molecule has 0 saturated heterocycles. The molecule has 3 aromatic rings. The van der Waals surface area contributed by atoms with Crippen LogP contribution in [0.3, 0.4) is 0 Å². The SMILES string of the molecule is Cc1nc(-c2ccccc2)n(NC(=O)c2ccc(OC(F)(F)F)cc2)c1C. The Balaban J connectivity index is 1.84. The van der Waals surface area contributed by atoms with Crippen LogP contribution in [-0.4, -0.2) is 21.9 Å². The lowest BCUT2D eigenvalue weighted by Crippen LogP contribution is -2.24. The van der Waals surface area contributed by atoms with Crippen LogP contribution in [0.5, 0.6) is 5.75 Å². The summed E-state index contributed by atoms with van der Waals surface area (Å²) in [7, 11) is 0.